The molecule has 3 aromatic carbocycles. The maximum absolute atomic E-state index is 12.3. The van der Waals surface area contributed by atoms with Crippen LogP contribution in [-0.4, -0.2) is 107 Å². The van der Waals surface area contributed by atoms with E-state index in [1.165, 1.54) is 20.8 Å². The molecule has 64 heavy (non-hydrogen) atoms. The number of benzene rings is 3. The smallest absolute Gasteiger partial charge is 0.303 e. The molecule has 0 aromatic heterocycles. The second kappa shape index (κ2) is 22.1. The normalized spacial score (nSPS) is 26.8. The van der Waals surface area contributed by atoms with Crippen LogP contribution >= 0.6 is 23.8 Å². The molecular formula is C47H57ClN2O13S. The fourth-order valence-electron chi connectivity index (χ4n) is 8.47. The Morgan fingerprint density at radius 1 is 0.750 bits per heavy atom. The van der Waals surface area contributed by atoms with E-state index in [2.05, 4.69) is 17.1 Å². The van der Waals surface area contributed by atoms with E-state index in [1.807, 2.05) is 60.7 Å². The van der Waals surface area contributed by atoms with Crippen LogP contribution in [0.5, 0.6) is 0 Å². The van der Waals surface area contributed by atoms with Crippen molar-refractivity contribution in [1.29, 1.82) is 0 Å². The average molecular weight is 925 g/mol. The van der Waals surface area contributed by atoms with Crippen LogP contribution < -0.4 is 5.32 Å². The average Bonchev–Trinajstić information content (AvgIpc) is 3.26. The summed E-state index contributed by atoms with van der Waals surface area (Å²) >= 11 is 11.8. The molecular weight excluding hydrogens is 868 g/mol. The molecule has 17 heteroatoms. The predicted molar refractivity (Wildman–Crippen MR) is 236 cm³/mol. The topological polar surface area (TPSA) is 189 Å². The molecule has 3 fully saturated rings. The lowest BCUT2D eigenvalue weighted by molar-refractivity contribution is -0.277. The number of halogens is 1. The first-order valence-electron chi connectivity index (χ1n) is 21.4. The number of carbonyl (C=O) groups is 4. The van der Waals surface area contributed by atoms with Gasteiger partial charge in [-0.2, -0.15) is 0 Å². The van der Waals surface area contributed by atoms with Crippen LogP contribution in [0.3, 0.4) is 0 Å². The van der Waals surface area contributed by atoms with Crippen LogP contribution in [0.1, 0.15) is 94.1 Å². The third-order valence-corrected chi connectivity index (χ3v) is 12.4. The lowest BCUT2D eigenvalue weighted by atomic mass is 9.84. The number of nitrogens with one attached hydrogen (secondary N) is 1. The van der Waals surface area contributed by atoms with Crippen molar-refractivity contribution in [2.24, 2.45) is 5.92 Å². The number of likely N-dealkylation sites (tertiary alicyclic amines) is 1. The van der Waals surface area contributed by atoms with Gasteiger partial charge in [0.15, 0.2) is 24.6 Å². The minimum Gasteiger partial charge on any atom is -0.463 e. The molecule has 3 saturated heterocycles. The molecule has 0 aliphatic carbocycles. The van der Waals surface area contributed by atoms with Crippen molar-refractivity contribution in [3.8, 4) is 0 Å². The number of aliphatic hydroxyl groups is 2. The Labute approximate surface area is 383 Å². The van der Waals surface area contributed by atoms with Crippen LogP contribution in [0.2, 0.25) is 5.02 Å². The Kier molecular flexibility index (Phi) is 16.9. The summed E-state index contributed by atoms with van der Waals surface area (Å²) in [5, 5.41) is 25.1. The number of rotatable bonds is 15. The van der Waals surface area contributed by atoms with E-state index in [0.29, 0.717) is 49.0 Å². The SMILES string of the molecule is CC(=O)OCC1OC(CC(=S)NCc2ccc(C3OC(CN4CCC(O)(c5ccc(Cl)cc5)CC4)C(C)C(c4ccc(CO)cc4)O3)cc2)C(OC(C)=O)C(OC(C)=O)C1OC(C)=O. The maximum atomic E-state index is 12.3. The van der Waals surface area contributed by atoms with Gasteiger partial charge < -0.3 is 53.6 Å². The zero-order valence-corrected chi connectivity index (χ0v) is 38.2. The van der Waals surface area contributed by atoms with Gasteiger partial charge in [-0.05, 0) is 47.2 Å². The van der Waals surface area contributed by atoms with E-state index >= 15 is 0 Å². The number of hydrogen-bond acceptors (Lipinski definition) is 15. The second-order valence-corrected chi connectivity index (χ2v) is 17.6. The van der Waals surface area contributed by atoms with Crippen molar-refractivity contribution >= 4 is 52.7 Å². The van der Waals surface area contributed by atoms with E-state index in [1.54, 1.807) is 12.1 Å². The van der Waals surface area contributed by atoms with Crippen LogP contribution in [0.4, 0.5) is 0 Å². The first kappa shape index (κ1) is 48.9. The number of esters is 4. The van der Waals surface area contributed by atoms with Crippen LogP contribution in [-0.2, 0) is 71.1 Å². The molecule has 346 valence electrons. The van der Waals surface area contributed by atoms with Gasteiger partial charge in [0.1, 0.15) is 18.8 Å². The van der Waals surface area contributed by atoms with Crippen molar-refractivity contribution < 1.29 is 62.5 Å². The van der Waals surface area contributed by atoms with E-state index in [4.69, 9.17) is 57.0 Å². The predicted octanol–water partition coefficient (Wildman–Crippen LogP) is 5.54. The zero-order chi connectivity index (χ0) is 46.1. The number of carbonyl (C=O) groups excluding carboxylic acids is 4. The third-order valence-electron chi connectivity index (χ3n) is 11.8. The summed E-state index contributed by atoms with van der Waals surface area (Å²) in [5.41, 5.74) is 3.41. The number of hydrogen-bond donors (Lipinski definition) is 3. The molecule has 0 amide bonds. The van der Waals surface area contributed by atoms with E-state index in [-0.39, 0.29) is 37.8 Å². The minimum absolute atomic E-state index is 0.00786. The van der Waals surface area contributed by atoms with Crippen LogP contribution in [0, 0.1) is 5.92 Å². The molecule has 3 aliphatic rings. The van der Waals surface area contributed by atoms with Gasteiger partial charge in [0.25, 0.3) is 0 Å². The van der Waals surface area contributed by atoms with Gasteiger partial charge in [-0.15, -0.1) is 0 Å². The highest BCUT2D eigenvalue weighted by Gasteiger charge is 2.52. The maximum Gasteiger partial charge on any atom is 0.303 e. The Morgan fingerprint density at radius 3 is 1.89 bits per heavy atom. The van der Waals surface area contributed by atoms with Gasteiger partial charge in [-0.25, -0.2) is 0 Å². The molecule has 3 aromatic rings. The highest BCUT2D eigenvalue weighted by Crippen LogP contribution is 2.43. The summed E-state index contributed by atoms with van der Waals surface area (Å²) in [4.78, 5) is 51.0. The van der Waals surface area contributed by atoms with Crippen molar-refractivity contribution in [2.75, 3.05) is 26.2 Å². The fraction of sp³-hybridized carbons (Fsp3) is 0.511. The molecule has 3 heterocycles. The monoisotopic (exact) mass is 924 g/mol. The highest BCUT2D eigenvalue weighted by molar-refractivity contribution is 7.80. The highest BCUT2D eigenvalue weighted by atomic mass is 35.5. The van der Waals surface area contributed by atoms with Crippen LogP contribution in [0.25, 0.3) is 0 Å². The van der Waals surface area contributed by atoms with Gasteiger partial charge in [-0.1, -0.05) is 91.4 Å². The molecule has 9 atom stereocenters. The molecule has 0 bridgehead atoms. The van der Waals surface area contributed by atoms with Crippen molar-refractivity contribution in [1.82, 2.24) is 10.2 Å². The number of aliphatic hydroxyl groups excluding tert-OH is 1. The quantitative estimate of drug-likeness (QED) is 0.0979. The van der Waals surface area contributed by atoms with Gasteiger partial charge in [0.05, 0.1) is 29.4 Å². The summed E-state index contributed by atoms with van der Waals surface area (Å²) in [6.07, 6.45) is -5.87. The second-order valence-electron chi connectivity index (χ2n) is 16.6. The number of ether oxygens (including phenoxy) is 7. The summed E-state index contributed by atoms with van der Waals surface area (Å²) < 4.78 is 41.5. The molecule has 6 rings (SSSR count). The Balaban J connectivity index is 1.13. The van der Waals surface area contributed by atoms with Crippen LogP contribution in [0.15, 0.2) is 72.8 Å². The standard InChI is InChI=1S/C47H57ClN2O13S/c1-27-39(24-50-20-18-47(56,19-21-50)36-14-16-37(48)17-15-36)62-46(63-42(27)34-10-8-33(25-51)9-11-34)35-12-6-32(7-13-35)23-49-41(64)22-38-43(58-29(3)53)45(60-31(5)55)44(59-30(4)54)40(61-38)26-57-28(2)52/h6-17,27,38-40,42-46,51,56H,18-26H2,1-5H3,(H,49,64). The van der Waals surface area contributed by atoms with Crippen molar-refractivity contribution in [3.05, 3.63) is 106 Å². The lowest BCUT2D eigenvalue weighted by Gasteiger charge is -2.45. The summed E-state index contributed by atoms with van der Waals surface area (Å²) in [6, 6.07) is 22.9. The first-order valence-corrected chi connectivity index (χ1v) is 22.2. The molecule has 3 aliphatic heterocycles. The third kappa shape index (κ3) is 12.8. The fourth-order valence-corrected chi connectivity index (χ4v) is 8.83. The van der Waals surface area contributed by atoms with Crippen molar-refractivity contribution in [2.45, 2.75) is 122 Å². The van der Waals surface area contributed by atoms with E-state index < -0.39 is 66.3 Å². The summed E-state index contributed by atoms with van der Waals surface area (Å²) in [7, 11) is 0. The van der Waals surface area contributed by atoms with Gasteiger partial charge >= 0.3 is 23.9 Å². The van der Waals surface area contributed by atoms with Gasteiger partial charge in [-0.3, -0.25) is 19.2 Å². The van der Waals surface area contributed by atoms with E-state index in [9.17, 15) is 29.4 Å². The number of nitrogens with zero attached hydrogens (tertiary/aromatic N) is 1. The summed E-state index contributed by atoms with van der Waals surface area (Å²) in [5.74, 6) is -2.76. The largest absolute Gasteiger partial charge is 0.463 e. The van der Waals surface area contributed by atoms with Crippen molar-refractivity contribution in [3.63, 3.8) is 0 Å². The molecule has 15 nitrogen and oxygen atoms in total. The molecule has 0 radical (unpaired) electrons. The Morgan fingerprint density at radius 2 is 1.31 bits per heavy atom. The summed E-state index contributed by atoms with van der Waals surface area (Å²) in [6.45, 7) is 8.78. The van der Waals surface area contributed by atoms with Gasteiger partial charge in [0, 0.05) is 76.8 Å². The van der Waals surface area contributed by atoms with E-state index in [0.717, 1.165) is 34.7 Å². The first-order chi connectivity index (χ1) is 30.5. The Hall–Kier alpha value is -4.52. The molecule has 0 spiro atoms. The molecule has 0 saturated carbocycles. The number of thiocarbonyl (C=S) groups is 1. The molecule has 3 N–H and O–H groups in total. The minimum atomic E-state index is -1.29. The zero-order valence-electron chi connectivity index (χ0n) is 36.6. The van der Waals surface area contributed by atoms with Gasteiger partial charge in [0.2, 0.25) is 0 Å². The molecule has 9 unspecified atom stereocenters. The Bertz CT molecular complexity index is 2080. The lowest BCUT2D eigenvalue weighted by Crippen LogP contribution is -2.62. The number of piperidine rings is 1.